The van der Waals surface area contributed by atoms with Gasteiger partial charge in [-0.25, -0.2) is 4.98 Å². The van der Waals surface area contributed by atoms with Crippen LogP contribution in [0.5, 0.6) is 0 Å². The van der Waals surface area contributed by atoms with Gasteiger partial charge in [-0.3, -0.25) is 19.4 Å². The van der Waals surface area contributed by atoms with E-state index in [9.17, 15) is 4.79 Å². The maximum Gasteiger partial charge on any atom is 0.266 e. The molecule has 148 valence electrons. The van der Waals surface area contributed by atoms with E-state index < -0.39 is 0 Å². The van der Waals surface area contributed by atoms with E-state index in [4.69, 9.17) is 16.6 Å². The summed E-state index contributed by atoms with van der Waals surface area (Å²) in [6.07, 6.45) is 0.870. The third-order valence-electron chi connectivity index (χ3n) is 5.51. The van der Waals surface area contributed by atoms with Gasteiger partial charge in [-0.1, -0.05) is 48.9 Å². The van der Waals surface area contributed by atoms with E-state index in [1.54, 1.807) is 4.57 Å². The molecule has 0 bridgehead atoms. The summed E-state index contributed by atoms with van der Waals surface area (Å²) in [4.78, 5) is 22.9. The van der Waals surface area contributed by atoms with Crippen molar-refractivity contribution in [1.29, 1.82) is 0 Å². The molecule has 28 heavy (non-hydrogen) atoms. The number of H-pyrrole nitrogens is 1. The van der Waals surface area contributed by atoms with Crippen molar-refractivity contribution in [1.82, 2.24) is 29.5 Å². The summed E-state index contributed by atoms with van der Waals surface area (Å²) in [6, 6.07) is 10.0. The van der Waals surface area contributed by atoms with Crippen molar-refractivity contribution in [3.05, 3.63) is 57.2 Å². The van der Waals surface area contributed by atoms with Gasteiger partial charge in [0.2, 0.25) is 0 Å². The predicted octanol–water partition coefficient (Wildman–Crippen LogP) is 2.52. The van der Waals surface area contributed by atoms with Crippen molar-refractivity contribution in [2.75, 3.05) is 33.2 Å². The normalized spacial score (nSPS) is 17.2. The van der Waals surface area contributed by atoms with Gasteiger partial charge in [0, 0.05) is 26.2 Å². The largest absolute Gasteiger partial charge is 0.304 e. The molecule has 2 aromatic heterocycles. The third-order valence-corrected chi connectivity index (χ3v) is 5.78. The summed E-state index contributed by atoms with van der Waals surface area (Å²) in [5.74, 6) is 0.761. The minimum atomic E-state index is -0.143. The molecule has 1 unspecified atom stereocenters. The van der Waals surface area contributed by atoms with Crippen LogP contribution in [-0.4, -0.2) is 62.8 Å². The fourth-order valence-corrected chi connectivity index (χ4v) is 4.11. The average Bonchev–Trinajstić information content (AvgIpc) is 3.08. The van der Waals surface area contributed by atoms with Crippen LogP contribution < -0.4 is 5.56 Å². The maximum absolute atomic E-state index is 13.3. The molecule has 1 aromatic carbocycles. The molecule has 0 radical (unpaired) electrons. The van der Waals surface area contributed by atoms with Crippen LogP contribution >= 0.6 is 11.6 Å². The number of aromatic nitrogens is 4. The number of benzene rings is 1. The van der Waals surface area contributed by atoms with Crippen LogP contribution in [0, 0.1) is 0 Å². The number of halogens is 1. The van der Waals surface area contributed by atoms with E-state index in [0.717, 1.165) is 44.0 Å². The Bertz CT molecular complexity index is 1010. The Balaban J connectivity index is 1.83. The smallest absolute Gasteiger partial charge is 0.266 e. The van der Waals surface area contributed by atoms with Crippen LogP contribution in [0.2, 0.25) is 5.15 Å². The first-order valence-electron chi connectivity index (χ1n) is 9.69. The zero-order valence-corrected chi connectivity index (χ0v) is 17.0. The monoisotopic (exact) mass is 400 g/mol. The number of likely N-dealkylation sites (N-methyl/N-ethyl adjacent to an activating group) is 1. The van der Waals surface area contributed by atoms with Crippen molar-refractivity contribution in [2.24, 2.45) is 0 Å². The summed E-state index contributed by atoms with van der Waals surface area (Å²) in [5.41, 5.74) is 1.30. The van der Waals surface area contributed by atoms with E-state index in [1.165, 1.54) is 0 Å². The highest BCUT2D eigenvalue weighted by Crippen LogP contribution is 2.26. The lowest BCUT2D eigenvalue weighted by atomic mass is 10.1. The number of nitrogens with zero attached hydrogens (tertiary/aromatic N) is 5. The highest BCUT2D eigenvalue weighted by atomic mass is 35.5. The zero-order chi connectivity index (χ0) is 19.7. The predicted molar refractivity (Wildman–Crippen MR) is 111 cm³/mol. The van der Waals surface area contributed by atoms with E-state index in [1.807, 2.05) is 30.3 Å². The minimum Gasteiger partial charge on any atom is -0.304 e. The van der Waals surface area contributed by atoms with Gasteiger partial charge < -0.3 is 4.90 Å². The molecule has 7 nitrogen and oxygen atoms in total. The summed E-state index contributed by atoms with van der Waals surface area (Å²) < 4.78 is 1.77. The second-order valence-corrected chi connectivity index (χ2v) is 7.72. The summed E-state index contributed by atoms with van der Waals surface area (Å²) in [6.45, 7) is 6.53. The number of piperazine rings is 1. The van der Waals surface area contributed by atoms with E-state index in [0.29, 0.717) is 17.6 Å². The average molecular weight is 401 g/mol. The maximum atomic E-state index is 13.3. The van der Waals surface area contributed by atoms with Crippen molar-refractivity contribution in [2.45, 2.75) is 25.9 Å². The topological polar surface area (TPSA) is 70.0 Å². The molecule has 0 amide bonds. The Morgan fingerprint density at radius 2 is 1.89 bits per heavy atom. The molecule has 1 aliphatic rings. The molecule has 8 heteroatoms. The van der Waals surface area contributed by atoms with Gasteiger partial charge in [0.05, 0.1) is 12.6 Å². The molecule has 0 saturated carbocycles. The molecule has 3 aromatic rings. The lowest BCUT2D eigenvalue weighted by Gasteiger charge is -2.37. The minimum absolute atomic E-state index is 0.0602. The van der Waals surface area contributed by atoms with Gasteiger partial charge in [-0.05, 0) is 19.0 Å². The number of fused-ring (bicyclic) bond motifs is 1. The Morgan fingerprint density at radius 3 is 2.57 bits per heavy atom. The molecule has 0 spiro atoms. The molecular formula is C20H25ClN6O. The van der Waals surface area contributed by atoms with Crippen LogP contribution in [0.1, 0.15) is 30.8 Å². The SMILES string of the molecule is CCC(c1nc2n[nH]c(Cl)c2c(=O)n1Cc1ccccc1)N1CCN(C)CC1. The second kappa shape index (κ2) is 8.03. The Morgan fingerprint density at radius 1 is 1.18 bits per heavy atom. The second-order valence-electron chi connectivity index (χ2n) is 7.35. The van der Waals surface area contributed by atoms with Crippen LogP contribution in [0.3, 0.4) is 0 Å². The van der Waals surface area contributed by atoms with Gasteiger partial charge in [0.25, 0.3) is 5.56 Å². The summed E-state index contributed by atoms with van der Waals surface area (Å²) in [5, 5.41) is 7.45. The zero-order valence-electron chi connectivity index (χ0n) is 16.2. The van der Waals surface area contributed by atoms with Crippen LogP contribution in [0.25, 0.3) is 11.0 Å². The fraction of sp³-hybridized carbons (Fsp3) is 0.450. The number of hydrogen-bond acceptors (Lipinski definition) is 5. The molecule has 0 aliphatic carbocycles. The van der Waals surface area contributed by atoms with Gasteiger partial charge in [0.1, 0.15) is 16.4 Å². The molecule has 3 heterocycles. The molecule has 1 atom stereocenters. The first-order valence-corrected chi connectivity index (χ1v) is 10.1. The van der Waals surface area contributed by atoms with Gasteiger partial charge in [0.15, 0.2) is 5.65 Å². The molecule has 1 N–H and O–H groups in total. The summed E-state index contributed by atoms with van der Waals surface area (Å²) in [7, 11) is 2.14. The van der Waals surface area contributed by atoms with Crippen LogP contribution in [0.4, 0.5) is 0 Å². The van der Waals surface area contributed by atoms with E-state index in [-0.39, 0.29) is 16.8 Å². The van der Waals surface area contributed by atoms with Gasteiger partial charge >= 0.3 is 0 Å². The quantitative estimate of drug-likeness (QED) is 0.712. The lowest BCUT2D eigenvalue weighted by Crippen LogP contribution is -2.47. The van der Waals surface area contributed by atoms with Crippen LogP contribution in [-0.2, 0) is 6.54 Å². The Kier molecular flexibility index (Phi) is 5.48. The van der Waals surface area contributed by atoms with Crippen molar-refractivity contribution >= 4 is 22.6 Å². The fourth-order valence-electron chi connectivity index (χ4n) is 3.90. The highest BCUT2D eigenvalue weighted by molar-refractivity contribution is 6.33. The number of hydrogen-bond donors (Lipinski definition) is 1. The number of nitrogens with one attached hydrogen (secondary N) is 1. The van der Waals surface area contributed by atoms with Gasteiger partial charge in [-0.2, -0.15) is 5.10 Å². The first-order chi connectivity index (χ1) is 13.6. The first kappa shape index (κ1) is 19.1. The molecule has 1 aliphatic heterocycles. The summed E-state index contributed by atoms with van der Waals surface area (Å²) >= 11 is 6.20. The van der Waals surface area contributed by atoms with Gasteiger partial charge in [-0.15, -0.1) is 0 Å². The van der Waals surface area contributed by atoms with E-state index in [2.05, 4.69) is 34.0 Å². The standard InChI is InChI=1S/C20H25ClN6O/c1-3-15(26-11-9-25(2)10-12-26)19-22-18-16(17(21)23-24-18)20(28)27(19)13-14-7-5-4-6-8-14/h4-8,15H,3,9-13H2,1-2H3,(H,23,24). The van der Waals surface area contributed by atoms with E-state index >= 15 is 0 Å². The Labute approximate surface area is 168 Å². The molecule has 1 fully saturated rings. The van der Waals surface area contributed by atoms with Crippen molar-refractivity contribution in [3.63, 3.8) is 0 Å². The van der Waals surface area contributed by atoms with Crippen LogP contribution in [0.15, 0.2) is 35.1 Å². The van der Waals surface area contributed by atoms with Crippen molar-refractivity contribution in [3.8, 4) is 0 Å². The molecule has 1 saturated heterocycles. The highest BCUT2D eigenvalue weighted by Gasteiger charge is 2.28. The number of aromatic amines is 1. The molecule has 4 rings (SSSR count). The Hall–Kier alpha value is -2.22. The number of rotatable bonds is 5. The lowest BCUT2D eigenvalue weighted by molar-refractivity contribution is 0.103. The molecular weight excluding hydrogens is 376 g/mol. The van der Waals surface area contributed by atoms with Crippen molar-refractivity contribution < 1.29 is 0 Å². The third kappa shape index (κ3) is 3.57.